The SMILES string of the molecule is CC(C)(C)OC(=O)NCC#CC#CC1CCN(C(=O)OCC2c3ccccc3-c3ccccc32)CC1. The molecular formula is C30H32N2O4. The van der Waals surface area contributed by atoms with E-state index in [1.165, 1.54) is 22.3 Å². The monoisotopic (exact) mass is 484 g/mol. The summed E-state index contributed by atoms with van der Waals surface area (Å²) in [7, 11) is 0. The Balaban J connectivity index is 1.21. The maximum atomic E-state index is 12.8. The van der Waals surface area contributed by atoms with Gasteiger partial charge in [-0.15, -0.1) is 0 Å². The summed E-state index contributed by atoms with van der Waals surface area (Å²) in [5.41, 5.74) is 4.33. The topological polar surface area (TPSA) is 67.9 Å². The number of ether oxygens (including phenoxy) is 2. The predicted molar refractivity (Wildman–Crippen MR) is 139 cm³/mol. The number of amides is 2. The maximum Gasteiger partial charge on any atom is 0.409 e. The number of likely N-dealkylation sites (tertiary alicyclic amines) is 1. The van der Waals surface area contributed by atoms with Crippen molar-refractivity contribution in [3.8, 4) is 34.8 Å². The van der Waals surface area contributed by atoms with E-state index in [4.69, 9.17) is 9.47 Å². The molecule has 2 amide bonds. The molecule has 0 spiro atoms. The summed E-state index contributed by atoms with van der Waals surface area (Å²) in [5, 5.41) is 2.58. The van der Waals surface area contributed by atoms with E-state index >= 15 is 0 Å². The Labute approximate surface area is 213 Å². The molecule has 0 unspecified atom stereocenters. The average molecular weight is 485 g/mol. The number of nitrogens with one attached hydrogen (secondary N) is 1. The van der Waals surface area contributed by atoms with Crippen LogP contribution < -0.4 is 5.32 Å². The molecule has 1 aliphatic carbocycles. The quantitative estimate of drug-likeness (QED) is 0.610. The first kappa shape index (κ1) is 25.2. The molecule has 2 aliphatic rings. The molecule has 0 bridgehead atoms. The highest BCUT2D eigenvalue weighted by atomic mass is 16.6. The van der Waals surface area contributed by atoms with Crippen molar-refractivity contribution in [2.45, 2.75) is 45.1 Å². The van der Waals surface area contributed by atoms with E-state index in [9.17, 15) is 9.59 Å². The second-order valence-corrected chi connectivity index (χ2v) is 9.99. The molecule has 0 aromatic heterocycles. The highest BCUT2D eigenvalue weighted by Gasteiger charge is 2.30. The predicted octanol–water partition coefficient (Wildman–Crippen LogP) is 5.18. The zero-order chi connectivity index (χ0) is 25.5. The molecule has 1 fully saturated rings. The summed E-state index contributed by atoms with van der Waals surface area (Å²) in [6, 6.07) is 16.7. The number of hydrogen-bond acceptors (Lipinski definition) is 4. The van der Waals surface area contributed by atoms with Crippen LogP contribution in [0.25, 0.3) is 11.1 Å². The lowest BCUT2D eigenvalue weighted by atomic mass is 9.97. The summed E-state index contributed by atoms with van der Waals surface area (Å²) >= 11 is 0. The Bertz CT molecular complexity index is 1190. The minimum atomic E-state index is -0.536. The van der Waals surface area contributed by atoms with E-state index in [1.807, 2.05) is 45.0 Å². The van der Waals surface area contributed by atoms with Gasteiger partial charge in [0.05, 0.1) is 6.54 Å². The van der Waals surface area contributed by atoms with Crippen molar-refractivity contribution in [3.05, 3.63) is 59.7 Å². The Morgan fingerprint density at radius 2 is 1.58 bits per heavy atom. The number of fused-ring (bicyclic) bond motifs is 3. The molecule has 4 rings (SSSR count). The highest BCUT2D eigenvalue weighted by molar-refractivity contribution is 5.79. The summed E-state index contributed by atoms with van der Waals surface area (Å²) in [6.45, 7) is 7.17. The van der Waals surface area contributed by atoms with Gasteiger partial charge in [-0.3, -0.25) is 0 Å². The van der Waals surface area contributed by atoms with Gasteiger partial charge in [-0.25, -0.2) is 9.59 Å². The third-order valence-corrected chi connectivity index (χ3v) is 6.24. The number of piperidine rings is 1. The van der Waals surface area contributed by atoms with Gasteiger partial charge in [-0.2, -0.15) is 0 Å². The van der Waals surface area contributed by atoms with Gasteiger partial charge in [0.15, 0.2) is 0 Å². The highest BCUT2D eigenvalue weighted by Crippen LogP contribution is 2.44. The van der Waals surface area contributed by atoms with E-state index in [1.54, 1.807) is 4.90 Å². The molecule has 36 heavy (non-hydrogen) atoms. The van der Waals surface area contributed by atoms with Crippen LogP contribution in [0.2, 0.25) is 0 Å². The standard InChI is InChI=1S/C30H32N2O4/c1-30(2,3)36-28(33)31-18-10-4-5-11-22-16-19-32(20-17-22)29(34)35-21-27-25-14-8-6-12-23(25)24-13-7-9-15-26(24)27/h6-9,12-15,22,27H,16-21H2,1-3H3,(H,31,33). The molecule has 186 valence electrons. The number of rotatable bonds is 3. The van der Waals surface area contributed by atoms with E-state index in [-0.39, 0.29) is 24.5 Å². The zero-order valence-electron chi connectivity index (χ0n) is 21.1. The molecule has 1 aliphatic heterocycles. The molecular weight excluding hydrogens is 452 g/mol. The van der Waals surface area contributed by atoms with Gasteiger partial charge < -0.3 is 19.7 Å². The number of benzene rings is 2. The normalized spacial score (nSPS) is 14.9. The van der Waals surface area contributed by atoms with Gasteiger partial charge >= 0.3 is 12.2 Å². The fourth-order valence-corrected chi connectivity index (χ4v) is 4.55. The fraction of sp³-hybridized carbons (Fsp3) is 0.400. The van der Waals surface area contributed by atoms with Gasteiger partial charge in [0, 0.05) is 24.9 Å². The van der Waals surface area contributed by atoms with Gasteiger partial charge in [0.1, 0.15) is 12.2 Å². The minimum absolute atomic E-state index is 0.0631. The van der Waals surface area contributed by atoms with E-state index < -0.39 is 11.7 Å². The second-order valence-electron chi connectivity index (χ2n) is 9.99. The van der Waals surface area contributed by atoms with Crippen molar-refractivity contribution in [2.24, 2.45) is 5.92 Å². The number of hydrogen-bond donors (Lipinski definition) is 1. The summed E-state index contributed by atoms with van der Waals surface area (Å²) < 4.78 is 10.9. The Morgan fingerprint density at radius 3 is 2.19 bits per heavy atom. The van der Waals surface area contributed by atoms with Crippen LogP contribution in [0.3, 0.4) is 0 Å². The van der Waals surface area contributed by atoms with Crippen LogP contribution in [0.15, 0.2) is 48.5 Å². The summed E-state index contributed by atoms with van der Waals surface area (Å²) in [5.74, 6) is 11.8. The first-order valence-electron chi connectivity index (χ1n) is 12.4. The molecule has 2 aromatic rings. The number of carbonyl (C=O) groups excluding carboxylic acids is 2. The largest absolute Gasteiger partial charge is 0.448 e. The first-order valence-corrected chi connectivity index (χ1v) is 12.4. The van der Waals surface area contributed by atoms with Crippen LogP contribution in [0.4, 0.5) is 9.59 Å². The van der Waals surface area contributed by atoms with Crippen LogP contribution in [-0.2, 0) is 9.47 Å². The Kier molecular flexibility index (Phi) is 7.86. The molecule has 6 heteroatoms. The molecule has 2 aromatic carbocycles. The van der Waals surface area contributed by atoms with Crippen molar-refractivity contribution < 1.29 is 19.1 Å². The average Bonchev–Trinajstić information content (AvgIpc) is 3.17. The van der Waals surface area contributed by atoms with Crippen molar-refractivity contribution in [3.63, 3.8) is 0 Å². The lowest BCUT2D eigenvalue weighted by Crippen LogP contribution is -2.39. The number of alkyl carbamates (subject to hydrolysis) is 1. The minimum Gasteiger partial charge on any atom is -0.448 e. The Morgan fingerprint density at radius 1 is 0.972 bits per heavy atom. The van der Waals surface area contributed by atoms with Crippen LogP contribution in [0.1, 0.15) is 50.7 Å². The molecule has 0 saturated carbocycles. The lowest BCUT2D eigenvalue weighted by Gasteiger charge is -2.29. The van der Waals surface area contributed by atoms with Crippen LogP contribution >= 0.6 is 0 Å². The van der Waals surface area contributed by atoms with Crippen molar-refractivity contribution in [1.29, 1.82) is 0 Å². The second kappa shape index (κ2) is 11.2. The van der Waals surface area contributed by atoms with Gasteiger partial charge in [-0.05, 0) is 67.7 Å². The summed E-state index contributed by atoms with van der Waals surface area (Å²) in [6.07, 6.45) is 0.811. The van der Waals surface area contributed by atoms with Gasteiger partial charge in [0.2, 0.25) is 0 Å². The third-order valence-electron chi connectivity index (χ3n) is 6.24. The van der Waals surface area contributed by atoms with Crippen molar-refractivity contribution in [2.75, 3.05) is 26.2 Å². The number of nitrogens with zero attached hydrogens (tertiary/aromatic N) is 1. The lowest BCUT2D eigenvalue weighted by molar-refractivity contribution is 0.0535. The van der Waals surface area contributed by atoms with Crippen molar-refractivity contribution >= 4 is 12.2 Å². The number of carbonyl (C=O) groups is 2. The fourth-order valence-electron chi connectivity index (χ4n) is 4.55. The maximum absolute atomic E-state index is 12.8. The van der Waals surface area contributed by atoms with Crippen LogP contribution in [0, 0.1) is 29.6 Å². The molecule has 1 heterocycles. The molecule has 6 nitrogen and oxygen atoms in total. The molecule has 1 saturated heterocycles. The van der Waals surface area contributed by atoms with Crippen LogP contribution in [-0.4, -0.2) is 48.9 Å². The third kappa shape index (κ3) is 6.40. The van der Waals surface area contributed by atoms with Gasteiger partial charge in [-0.1, -0.05) is 60.4 Å². The summed E-state index contributed by atoms with van der Waals surface area (Å²) in [4.78, 5) is 26.1. The van der Waals surface area contributed by atoms with Crippen molar-refractivity contribution in [1.82, 2.24) is 10.2 Å². The van der Waals surface area contributed by atoms with Gasteiger partial charge in [0.25, 0.3) is 0 Å². The molecule has 0 atom stereocenters. The van der Waals surface area contributed by atoms with E-state index in [2.05, 4.69) is 53.3 Å². The smallest absolute Gasteiger partial charge is 0.409 e. The van der Waals surface area contributed by atoms with E-state index in [0.29, 0.717) is 19.7 Å². The molecule has 0 radical (unpaired) electrons. The zero-order valence-corrected chi connectivity index (χ0v) is 21.1. The van der Waals surface area contributed by atoms with E-state index in [0.717, 1.165) is 12.8 Å². The molecule has 1 N–H and O–H groups in total. The van der Waals surface area contributed by atoms with Crippen LogP contribution in [0.5, 0.6) is 0 Å². The first-order chi connectivity index (χ1) is 17.3. The Hall–Kier alpha value is -3.90.